The van der Waals surface area contributed by atoms with Crippen molar-refractivity contribution in [1.82, 2.24) is 4.57 Å². The van der Waals surface area contributed by atoms with Crippen molar-refractivity contribution in [2.45, 2.75) is 13.5 Å². The van der Waals surface area contributed by atoms with Crippen LogP contribution in [0.15, 0.2) is 35.3 Å². The lowest BCUT2D eigenvalue weighted by atomic mass is 10.1. The highest BCUT2D eigenvalue weighted by atomic mass is 32.1. The number of esters is 1. The molecular formula is C20H17N3O7S. The zero-order valence-electron chi connectivity index (χ0n) is 16.6. The molecule has 1 aliphatic heterocycles. The molecule has 4 rings (SSSR count). The van der Waals surface area contributed by atoms with E-state index >= 15 is 0 Å². The van der Waals surface area contributed by atoms with Gasteiger partial charge in [0, 0.05) is 29.3 Å². The number of fused-ring (bicyclic) bond motifs is 2. The first-order chi connectivity index (χ1) is 14.9. The number of hydrogen-bond acceptors (Lipinski definition) is 8. The quantitative estimate of drug-likeness (QED) is 0.345. The van der Waals surface area contributed by atoms with Gasteiger partial charge in [0.1, 0.15) is 19.8 Å². The van der Waals surface area contributed by atoms with E-state index in [2.05, 4.69) is 4.99 Å². The van der Waals surface area contributed by atoms with Gasteiger partial charge in [-0.3, -0.25) is 19.7 Å². The van der Waals surface area contributed by atoms with E-state index in [4.69, 9.17) is 14.2 Å². The number of carbonyl (C=O) groups excluding carboxylic acids is 2. The number of nitrogens with zero attached hydrogens (tertiary/aromatic N) is 3. The molecule has 3 aromatic rings. The molecule has 0 saturated heterocycles. The third-order valence-electron chi connectivity index (χ3n) is 4.71. The number of methoxy groups -OCH3 is 1. The summed E-state index contributed by atoms with van der Waals surface area (Å²) in [5.41, 5.74) is 0.975. The van der Waals surface area contributed by atoms with E-state index in [1.165, 1.54) is 36.6 Å². The maximum absolute atomic E-state index is 12.8. The highest BCUT2D eigenvalue weighted by Crippen LogP contribution is 2.35. The molecule has 0 atom stereocenters. The molecule has 1 aliphatic rings. The van der Waals surface area contributed by atoms with Crippen molar-refractivity contribution in [3.63, 3.8) is 0 Å². The highest BCUT2D eigenvalue weighted by molar-refractivity contribution is 7.16. The summed E-state index contributed by atoms with van der Waals surface area (Å²) >= 11 is 1.18. The monoisotopic (exact) mass is 443 g/mol. The van der Waals surface area contributed by atoms with E-state index in [-0.39, 0.29) is 22.6 Å². The van der Waals surface area contributed by atoms with E-state index in [1.54, 1.807) is 23.6 Å². The van der Waals surface area contributed by atoms with Gasteiger partial charge in [0.15, 0.2) is 16.3 Å². The van der Waals surface area contributed by atoms with Crippen molar-refractivity contribution in [1.29, 1.82) is 0 Å². The molecule has 1 amide bonds. The highest BCUT2D eigenvalue weighted by Gasteiger charge is 2.19. The van der Waals surface area contributed by atoms with Crippen LogP contribution in [-0.2, 0) is 16.1 Å². The minimum Gasteiger partial charge on any atom is -0.486 e. The third-order valence-corrected chi connectivity index (χ3v) is 5.75. The van der Waals surface area contributed by atoms with Gasteiger partial charge in [0.05, 0.1) is 22.2 Å². The first-order valence-electron chi connectivity index (χ1n) is 9.21. The van der Waals surface area contributed by atoms with E-state index < -0.39 is 16.8 Å². The fourth-order valence-corrected chi connectivity index (χ4v) is 4.17. The summed E-state index contributed by atoms with van der Waals surface area (Å²) in [5.74, 6) is -0.0838. The van der Waals surface area contributed by atoms with Crippen LogP contribution in [0.4, 0.5) is 5.69 Å². The summed E-state index contributed by atoms with van der Waals surface area (Å²) < 4.78 is 18.3. The predicted molar refractivity (Wildman–Crippen MR) is 111 cm³/mol. The Morgan fingerprint density at radius 1 is 1.23 bits per heavy atom. The molecule has 0 N–H and O–H groups in total. The second kappa shape index (κ2) is 8.19. The maximum Gasteiger partial charge on any atom is 0.325 e. The van der Waals surface area contributed by atoms with Gasteiger partial charge in [-0.2, -0.15) is 4.99 Å². The smallest absolute Gasteiger partial charge is 0.325 e. The molecule has 0 aliphatic carbocycles. The summed E-state index contributed by atoms with van der Waals surface area (Å²) in [4.78, 5) is 39.8. The van der Waals surface area contributed by atoms with Crippen LogP contribution in [0.2, 0.25) is 0 Å². The standard InChI is InChI=1S/C20H17N3O7S/c1-11-3-4-12(7-13(11)23(26)27)19(25)21-20-22(10-18(24)28-2)14-8-15-16(9-17(14)31-20)30-6-5-29-15/h3-4,7-9H,5-6,10H2,1-2H3. The van der Waals surface area contributed by atoms with Crippen molar-refractivity contribution in [2.24, 2.45) is 4.99 Å². The van der Waals surface area contributed by atoms with E-state index in [0.717, 1.165) is 4.70 Å². The molecule has 0 spiro atoms. The fraction of sp³-hybridized carbons (Fsp3) is 0.250. The van der Waals surface area contributed by atoms with E-state index in [1.807, 2.05) is 0 Å². The van der Waals surface area contributed by atoms with Crippen molar-refractivity contribution in [3.8, 4) is 11.5 Å². The zero-order chi connectivity index (χ0) is 22.1. The zero-order valence-corrected chi connectivity index (χ0v) is 17.4. The van der Waals surface area contributed by atoms with Gasteiger partial charge in [-0.05, 0) is 13.0 Å². The van der Waals surface area contributed by atoms with Crippen LogP contribution in [0.25, 0.3) is 10.2 Å². The van der Waals surface area contributed by atoms with Gasteiger partial charge in [-0.25, -0.2) is 0 Å². The Kier molecular flexibility index (Phi) is 5.42. The molecule has 0 bridgehead atoms. The molecule has 31 heavy (non-hydrogen) atoms. The summed E-state index contributed by atoms with van der Waals surface area (Å²) in [7, 11) is 1.27. The summed E-state index contributed by atoms with van der Waals surface area (Å²) in [6.07, 6.45) is 0. The van der Waals surface area contributed by atoms with Crippen molar-refractivity contribution < 1.29 is 28.7 Å². The van der Waals surface area contributed by atoms with Crippen LogP contribution in [0.5, 0.6) is 11.5 Å². The van der Waals surface area contributed by atoms with Gasteiger partial charge >= 0.3 is 5.97 Å². The van der Waals surface area contributed by atoms with Crippen LogP contribution in [-0.4, -0.2) is 41.7 Å². The number of aromatic nitrogens is 1. The number of hydrogen-bond donors (Lipinski definition) is 0. The number of ether oxygens (including phenoxy) is 3. The summed E-state index contributed by atoms with van der Waals surface area (Å²) in [5, 5.41) is 11.2. The molecule has 1 aromatic heterocycles. The lowest BCUT2D eigenvalue weighted by Gasteiger charge is -2.18. The number of nitro groups is 1. The predicted octanol–water partition coefficient (Wildman–Crippen LogP) is 2.60. The fourth-order valence-electron chi connectivity index (χ4n) is 3.13. The first kappa shape index (κ1) is 20.5. The average molecular weight is 443 g/mol. The summed E-state index contributed by atoms with van der Waals surface area (Å²) in [6, 6.07) is 7.66. The average Bonchev–Trinajstić information content (AvgIpc) is 3.07. The number of benzene rings is 2. The molecule has 0 fully saturated rings. The lowest BCUT2D eigenvalue weighted by molar-refractivity contribution is -0.385. The maximum atomic E-state index is 12.8. The minimum absolute atomic E-state index is 0.0744. The van der Waals surface area contributed by atoms with Gasteiger partial charge in [-0.1, -0.05) is 17.4 Å². The first-order valence-corrected chi connectivity index (χ1v) is 10.0. The number of aryl methyl sites for hydroxylation is 1. The van der Waals surface area contributed by atoms with Crippen molar-refractivity contribution >= 4 is 39.1 Å². The van der Waals surface area contributed by atoms with Crippen LogP contribution in [0.1, 0.15) is 15.9 Å². The normalized spacial score (nSPS) is 13.3. The molecule has 160 valence electrons. The SMILES string of the molecule is COC(=O)Cn1c(=NC(=O)c2ccc(C)c([N+](=O)[O-])c2)sc2cc3c(cc21)OCCO3. The van der Waals surface area contributed by atoms with E-state index in [0.29, 0.717) is 35.8 Å². The Balaban J connectivity index is 1.85. The Morgan fingerprint density at radius 2 is 1.94 bits per heavy atom. The van der Waals surface area contributed by atoms with Crippen LogP contribution < -0.4 is 14.3 Å². The van der Waals surface area contributed by atoms with Gasteiger partial charge < -0.3 is 18.8 Å². The Hall–Kier alpha value is -3.73. The Labute approximate surface area is 179 Å². The second-order valence-corrected chi connectivity index (χ2v) is 7.69. The van der Waals surface area contributed by atoms with Crippen LogP contribution in [0.3, 0.4) is 0 Å². The number of nitro benzene ring substituents is 1. The minimum atomic E-state index is -0.662. The number of rotatable bonds is 4. The lowest BCUT2D eigenvalue weighted by Crippen LogP contribution is -2.22. The third kappa shape index (κ3) is 3.99. The van der Waals surface area contributed by atoms with Gasteiger partial charge in [-0.15, -0.1) is 0 Å². The molecule has 0 radical (unpaired) electrons. The molecule has 2 aromatic carbocycles. The van der Waals surface area contributed by atoms with Crippen molar-refractivity contribution in [2.75, 3.05) is 20.3 Å². The molecule has 0 unspecified atom stereocenters. The Morgan fingerprint density at radius 3 is 2.61 bits per heavy atom. The largest absolute Gasteiger partial charge is 0.486 e. The molecular weight excluding hydrogens is 426 g/mol. The summed E-state index contributed by atoms with van der Waals surface area (Å²) in [6.45, 7) is 2.25. The van der Waals surface area contributed by atoms with Gasteiger partial charge in [0.2, 0.25) is 0 Å². The second-order valence-electron chi connectivity index (χ2n) is 6.69. The molecule has 10 nitrogen and oxygen atoms in total. The van der Waals surface area contributed by atoms with Crippen LogP contribution in [0, 0.1) is 17.0 Å². The number of amides is 1. The topological polar surface area (TPSA) is 122 Å². The van der Waals surface area contributed by atoms with Crippen LogP contribution >= 0.6 is 11.3 Å². The molecule has 0 saturated carbocycles. The molecule has 2 heterocycles. The molecule has 11 heteroatoms. The van der Waals surface area contributed by atoms with E-state index in [9.17, 15) is 19.7 Å². The number of thiazole rings is 1. The van der Waals surface area contributed by atoms with Crippen molar-refractivity contribution in [3.05, 3.63) is 56.4 Å². The number of carbonyl (C=O) groups is 2. The Bertz CT molecular complexity index is 1290. The van der Waals surface area contributed by atoms with Gasteiger partial charge in [0.25, 0.3) is 11.6 Å².